The Labute approximate surface area is 210 Å². The van der Waals surface area contributed by atoms with Gasteiger partial charge in [0.1, 0.15) is 18.2 Å². The van der Waals surface area contributed by atoms with Crippen LogP contribution in [0, 0.1) is 13.8 Å². The fourth-order valence-corrected chi connectivity index (χ4v) is 4.93. The molecule has 5 rings (SSSR count). The Morgan fingerprint density at radius 2 is 1.71 bits per heavy atom. The van der Waals surface area contributed by atoms with Crippen molar-refractivity contribution in [2.75, 3.05) is 18.1 Å². The summed E-state index contributed by atoms with van der Waals surface area (Å²) in [4.78, 5) is 19.6. The number of carbonyl (C=O) groups excluding carboxylic acids is 1. The number of aromatic nitrogens is 2. The SMILES string of the molecule is Cc1cccc(C)c1OCCn1c(C2CC(=O)N(c3ccccc3Cl)C2)nc2ccccc21.Cl. The van der Waals surface area contributed by atoms with Gasteiger partial charge in [-0.25, -0.2) is 4.98 Å². The van der Waals surface area contributed by atoms with Gasteiger partial charge in [0.15, 0.2) is 0 Å². The molecular weight excluding hydrogens is 469 g/mol. The van der Waals surface area contributed by atoms with E-state index in [1.807, 2.05) is 48.5 Å². The van der Waals surface area contributed by atoms with Gasteiger partial charge >= 0.3 is 0 Å². The molecule has 0 spiro atoms. The lowest BCUT2D eigenvalue weighted by molar-refractivity contribution is -0.117. The predicted molar refractivity (Wildman–Crippen MR) is 140 cm³/mol. The molecule has 1 atom stereocenters. The molecule has 0 saturated carbocycles. The van der Waals surface area contributed by atoms with Gasteiger partial charge in [0, 0.05) is 18.9 Å². The van der Waals surface area contributed by atoms with Crippen molar-refractivity contribution in [2.45, 2.75) is 32.7 Å². The zero-order valence-corrected chi connectivity index (χ0v) is 20.8. The number of rotatable bonds is 6. The van der Waals surface area contributed by atoms with Crippen molar-refractivity contribution < 1.29 is 9.53 Å². The van der Waals surface area contributed by atoms with Crippen LogP contribution < -0.4 is 9.64 Å². The average Bonchev–Trinajstić information content (AvgIpc) is 3.37. The van der Waals surface area contributed by atoms with Crippen molar-refractivity contribution in [3.63, 3.8) is 0 Å². The van der Waals surface area contributed by atoms with Crippen molar-refractivity contribution in [3.8, 4) is 5.75 Å². The first-order valence-corrected chi connectivity index (χ1v) is 11.6. The number of para-hydroxylation sites is 4. The lowest BCUT2D eigenvalue weighted by Crippen LogP contribution is -2.25. The fourth-order valence-electron chi connectivity index (χ4n) is 4.69. The largest absolute Gasteiger partial charge is 0.491 e. The number of fused-ring (bicyclic) bond motifs is 1. The number of halogens is 2. The summed E-state index contributed by atoms with van der Waals surface area (Å²) in [5.74, 6) is 1.91. The van der Waals surface area contributed by atoms with Gasteiger partial charge in [-0.3, -0.25) is 4.79 Å². The third kappa shape index (κ3) is 4.50. The molecule has 34 heavy (non-hydrogen) atoms. The van der Waals surface area contributed by atoms with E-state index in [9.17, 15) is 4.79 Å². The Hall–Kier alpha value is -3.02. The van der Waals surface area contributed by atoms with Gasteiger partial charge in [0.05, 0.1) is 28.3 Å². The van der Waals surface area contributed by atoms with Crippen molar-refractivity contribution in [1.29, 1.82) is 0 Å². The van der Waals surface area contributed by atoms with Crippen LogP contribution in [0.15, 0.2) is 66.7 Å². The van der Waals surface area contributed by atoms with Crippen LogP contribution in [0.2, 0.25) is 5.02 Å². The maximum atomic E-state index is 12.9. The first-order chi connectivity index (χ1) is 16.0. The Balaban J connectivity index is 0.00000274. The Morgan fingerprint density at radius 1 is 1.00 bits per heavy atom. The molecule has 4 aromatic rings. The standard InChI is InChI=1S/C27H26ClN3O2.ClH/c1-18-8-7-9-19(2)26(18)33-15-14-30-24-13-6-4-11-22(24)29-27(30)20-16-25(32)31(17-20)23-12-5-3-10-21(23)28;/h3-13,20H,14-17H2,1-2H3;1H. The molecule has 1 aliphatic heterocycles. The van der Waals surface area contributed by atoms with Crippen molar-refractivity contribution in [1.82, 2.24) is 9.55 Å². The number of hydrogen-bond acceptors (Lipinski definition) is 3. The smallest absolute Gasteiger partial charge is 0.227 e. The predicted octanol–water partition coefficient (Wildman–Crippen LogP) is 6.33. The van der Waals surface area contributed by atoms with Gasteiger partial charge in [-0.05, 0) is 49.2 Å². The van der Waals surface area contributed by atoms with E-state index in [1.54, 1.807) is 4.90 Å². The lowest BCUT2D eigenvalue weighted by Gasteiger charge is -2.19. The van der Waals surface area contributed by atoms with E-state index >= 15 is 0 Å². The van der Waals surface area contributed by atoms with E-state index in [2.05, 4.69) is 36.6 Å². The second-order valence-corrected chi connectivity index (χ2v) is 8.94. The molecule has 0 bridgehead atoms. The van der Waals surface area contributed by atoms with Gasteiger partial charge < -0.3 is 14.2 Å². The highest BCUT2D eigenvalue weighted by atomic mass is 35.5. The van der Waals surface area contributed by atoms with Crippen molar-refractivity contribution >= 4 is 46.6 Å². The Morgan fingerprint density at radius 3 is 2.47 bits per heavy atom. The molecule has 1 saturated heterocycles. The van der Waals surface area contributed by atoms with E-state index < -0.39 is 0 Å². The molecule has 176 valence electrons. The maximum Gasteiger partial charge on any atom is 0.227 e. The van der Waals surface area contributed by atoms with E-state index in [0.29, 0.717) is 31.1 Å². The number of aryl methyl sites for hydroxylation is 2. The summed E-state index contributed by atoms with van der Waals surface area (Å²) in [6.45, 7) is 5.86. The van der Waals surface area contributed by atoms with Gasteiger partial charge in [-0.2, -0.15) is 0 Å². The number of anilines is 1. The van der Waals surface area contributed by atoms with Crippen LogP contribution in [0.3, 0.4) is 0 Å². The van der Waals surface area contributed by atoms with Crippen LogP contribution in [-0.2, 0) is 11.3 Å². The number of benzene rings is 3. The third-order valence-electron chi connectivity index (χ3n) is 6.29. The molecular formula is C27H27Cl2N3O2. The number of imidazole rings is 1. The van der Waals surface area contributed by atoms with Gasteiger partial charge in [0.2, 0.25) is 5.91 Å². The third-order valence-corrected chi connectivity index (χ3v) is 6.61. The maximum absolute atomic E-state index is 12.9. The van der Waals surface area contributed by atoms with Crippen LogP contribution in [0.1, 0.15) is 29.3 Å². The Kier molecular flexibility index (Phi) is 7.15. The zero-order valence-electron chi connectivity index (χ0n) is 19.2. The zero-order chi connectivity index (χ0) is 22.9. The van der Waals surface area contributed by atoms with Crippen LogP contribution in [0.5, 0.6) is 5.75 Å². The second kappa shape index (κ2) is 10.1. The van der Waals surface area contributed by atoms with Crippen LogP contribution in [-0.4, -0.2) is 28.6 Å². The van der Waals surface area contributed by atoms with Gasteiger partial charge in [-0.1, -0.05) is 54.1 Å². The first kappa shape index (κ1) is 24.1. The molecule has 1 amide bonds. The lowest BCUT2D eigenvalue weighted by atomic mass is 10.1. The minimum Gasteiger partial charge on any atom is -0.491 e. The Bertz CT molecular complexity index is 1310. The van der Waals surface area contributed by atoms with Crippen LogP contribution >= 0.6 is 24.0 Å². The topological polar surface area (TPSA) is 47.4 Å². The van der Waals surface area contributed by atoms with Crippen LogP contribution in [0.4, 0.5) is 5.69 Å². The van der Waals surface area contributed by atoms with E-state index in [4.69, 9.17) is 21.3 Å². The number of amides is 1. The molecule has 1 unspecified atom stereocenters. The monoisotopic (exact) mass is 495 g/mol. The molecule has 7 heteroatoms. The molecule has 0 radical (unpaired) electrons. The summed E-state index contributed by atoms with van der Waals surface area (Å²) in [6, 6.07) is 21.8. The number of nitrogens with zero attached hydrogens (tertiary/aromatic N) is 3. The second-order valence-electron chi connectivity index (χ2n) is 8.54. The summed E-state index contributed by atoms with van der Waals surface area (Å²) < 4.78 is 8.40. The summed E-state index contributed by atoms with van der Waals surface area (Å²) in [7, 11) is 0. The molecule has 2 heterocycles. The van der Waals surface area contributed by atoms with E-state index in [-0.39, 0.29) is 24.2 Å². The van der Waals surface area contributed by atoms with Gasteiger partial charge in [0.25, 0.3) is 0 Å². The highest BCUT2D eigenvalue weighted by Crippen LogP contribution is 2.36. The molecule has 1 aromatic heterocycles. The first-order valence-electron chi connectivity index (χ1n) is 11.2. The van der Waals surface area contributed by atoms with Crippen molar-refractivity contribution in [3.05, 3.63) is 88.7 Å². The normalized spacial score (nSPS) is 15.6. The minimum absolute atomic E-state index is 0. The molecule has 0 N–H and O–H groups in total. The summed E-state index contributed by atoms with van der Waals surface area (Å²) >= 11 is 6.38. The molecule has 0 aliphatic carbocycles. The van der Waals surface area contributed by atoms with Crippen LogP contribution in [0.25, 0.3) is 11.0 Å². The van der Waals surface area contributed by atoms with Gasteiger partial charge in [-0.15, -0.1) is 12.4 Å². The summed E-state index contributed by atoms with van der Waals surface area (Å²) in [5.41, 5.74) is 5.00. The molecule has 1 fully saturated rings. The quantitative estimate of drug-likeness (QED) is 0.314. The fraction of sp³-hybridized carbons (Fsp3) is 0.259. The van der Waals surface area contributed by atoms with E-state index in [1.165, 1.54) is 0 Å². The molecule has 3 aromatic carbocycles. The number of ether oxygens (including phenoxy) is 1. The van der Waals surface area contributed by atoms with E-state index in [0.717, 1.165) is 39.4 Å². The highest BCUT2D eigenvalue weighted by molar-refractivity contribution is 6.33. The molecule has 5 nitrogen and oxygen atoms in total. The summed E-state index contributed by atoms with van der Waals surface area (Å²) in [5, 5.41) is 0.585. The number of hydrogen-bond donors (Lipinski definition) is 0. The molecule has 1 aliphatic rings. The number of carbonyl (C=O) groups is 1. The average molecular weight is 496 g/mol. The van der Waals surface area contributed by atoms with Crippen molar-refractivity contribution in [2.24, 2.45) is 0 Å². The summed E-state index contributed by atoms with van der Waals surface area (Å²) in [6.07, 6.45) is 0.409. The minimum atomic E-state index is -0.0126. The highest BCUT2D eigenvalue weighted by Gasteiger charge is 2.35.